The molecule has 0 bridgehead atoms. The van der Waals surface area contributed by atoms with E-state index in [1.165, 1.54) is 11.5 Å². The zero-order chi connectivity index (χ0) is 12.9. The lowest BCUT2D eigenvalue weighted by atomic mass is 10.5. The van der Waals surface area contributed by atoms with Crippen molar-refractivity contribution in [3.05, 3.63) is 0 Å². The molecule has 0 N–H and O–H groups in total. The third-order valence-corrected chi connectivity index (χ3v) is 8.52. The Hall–Kier alpha value is 2.45. The van der Waals surface area contributed by atoms with Gasteiger partial charge in [-0.2, -0.15) is 85.8 Å². The first-order chi connectivity index (χ1) is 8.28. The second-order valence-electron chi connectivity index (χ2n) is 3.34. The Morgan fingerprint density at radius 2 is 1.12 bits per heavy atom. The van der Waals surface area contributed by atoms with E-state index in [0.717, 1.165) is 34.5 Å². The van der Waals surface area contributed by atoms with Crippen molar-refractivity contribution in [2.75, 3.05) is 46.0 Å². The smallest absolute Gasteiger partial charge is 0.0226 e. The maximum atomic E-state index is 4.40. The summed E-state index contributed by atoms with van der Waals surface area (Å²) in [6.45, 7) is 0. The summed E-state index contributed by atoms with van der Waals surface area (Å²) in [5.41, 5.74) is 0. The summed E-state index contributed by atoms with van der Waals surface area (Å²) in [6.07, 6.45) is 0. The molecular formula is C10H22S7. The largest absolute Gasteiger partial charge is 0.179 e. The molecule has 0 aliphatic heterocycles. The SMILES string of the molecule is SCCS[C@H](CS)CSC[C@@H](CS)SCCS. The quantitative estimate of drug-likeness (QED) is 0.390. The average Bonchev–Trinajstić information content (AvgIpc) is 2.37. The van der Waals surface area contributed by atoms with Crippen molar-refractivity contribution in [2.24, 2.45) is 0 Å². The van der Waals surface area contributed by atoms with E-state index >= 15 is 0 Å². The highest BCUT2D eigenvalue weighted by molar-refractivity contribution is 8.05. The number of rotatable bonds is 12. The zero-order valence-corrected chi connectivity index (χ0v) is 15.9. The highest BCUT2D eigenvalue weighted by atomic mass is 32.2. The second-order valence-corrected chi connectivity index (χ2v) is 8.85. The molecule has 0 nitrogen and oxygen atoms in total. The molecule has 0 aliphatic rings. The summed E-state index contributed by atoms with van der Waals surface area (Å²) in [4.78, 5) is 0. The third-order valence-electron chi connectivity index (χ3n) is 1.90. The molecule has 7 heteroatoms. The van der Waals surface area contributed by atoms with Crippen molar-refractivity contribution in [3.63, 3.8) is 0 Å². The van der Waals surface area contributed by atoms with E-state index in [1.54, 1.807) is 0 Å². The Morgan fingerprint density at radius 1 is 0.706 bits per heavy atom. The molecule has 0 aromatic rings. The number of hydrogen-bond acceptors (Lipinski definition) is 7. The molecule has 0 radical (unpaired) electrons. The van der Waals surface area contributed by atoms with Crippen molar-refractivity contribution in [1.82, 2.24) is 0 Å². The normalized spacial score (nSPS) is 14.8. The minimum Gasteiger partial charge on any atom is -0.179 e. The van der Waals surface area contributed by atoms with Gasteiger partial charge in [0.15, 0.2) is 0 Å². The van der Waals surface area contributed by atoms with Crippen molar-refractivity contribution in [2.45, 2.75) is 10.5 Å². The second kappa shape index (κ2) is 14.9. The van der Waals surface area contributed by atoms with Gasteiger partial charge in [0.25, 0.3) is 0 Å². The van der Waals surface area contributed by atoms with E-state index in [2.05, 4.69) is 50.5 Å². The summed E-state index contributed by atoms with van der Waals surface area (Å²) in [7, 11) is 0. The molecule has 0 amide bonds. The van der Waals surface area contributed by atoms with Gasteiger partial charge in [-0.25, -0.2) is 0 Å². The Labute approximate surface area is 141 Å². The fourth-order valence-corrected chi connectivity index (χ4v) is 6.28. The third kappa shape index (κ3) is 11.9. The highest BCUT2D eigenvalue weighted by Crippen LogP contribution is 2.22. The van der Waals surface area contributed by atoms with Gasteiger partial charge in [-0.15, -0.1) is 0 Å². The zero-order valence-electron chi connectivity index (χ0n) is 9.83. The Kier molecular flexibility index (Phi) is 17.0. The van der Waals surface area contributed by atoms with Crippen molar-refractivity contribution in [1.29, 1.82) is 0 Å². The molecule has 0 fully saturated rings. The van der Waals surface area contributed by atoms with Crippen LogP contribution in [0.2, 0.25) is 0 Å². The van der Waals surface area contributed by atoms with Crippen LogP contribution in [0.5, 0.6) is 0 Å². The fraction of sp³-hybridized carbons (Fsp3) is 1.00. The Bertz CT molecular complexity index is 140. The minimum atomic E-state index is 0.658. The Balaban J connectivity index is 3.61. The first-order valence-electron chi connectivity index (χ1n) is 5.52. The van der Waals surface area contributed by atoms with Gasteiger partial charge in [0.05, 0.1) is 0 Å². The predicted octanol–water partition coefficient (Wildman–Crippen LogP) is 3.64. The first-order valence-corrected chi connectivity index (χ1v) is 11.3. The standard InChI is InChI=1S/C10H22S7/c11-1-3-16-9(5-13)7-15-8-10(6-14)17-4-2-12/h9-14H,1-8H2/t9-,10-/m1/s1. The van der Waals surface area contributed by atoms with Crippen molar-refractivity contribution < 1.29 is 0 Å². The van der Waals surface area contributed by atoms with E-state index in [0.29, 0.717) is 10.5 Å². The lowest BCUT2D eigenvalue weighted by Crippen LogP contribution is -2.14. The van der Waals surface area contributed by atoms with Crippen LogP contribution in [-0.4, -0.2) is 56.5 Å². The fourth-order valence-electron chi connectivity index (χ4n) is 1.08. The van der Waals surface area contributed by atoms with Crippen molar-refractivity contribution >= 4 is 85.8 Å². The van der Waals surface area contributed by atoms with Gasteiger partial charge in [0.2, 0.25) is 0 Å². The van der Waals surface area contributed by atoms with Gasteiger partial charge in [-0.1, -0.05) is 0 Å². The predicted molar refractivity (Wildman–Crippen MR) is 105 cm³/mol. The maximum absolute atomic E-state index is 4.40. The van der Waals surface area contributed by atoms with Crippen LogP contribution in [0.15, 0.2) is 0 Å². The first kappa shape index (κ1) is 19.4. The molecular weight excluding hydrogens is 345 g/mol. The van der Waals surface area contributed by atoms with Gasteiger partial charge in [0, 0.05) is 45.0 Å². The van der Waals surface area contributed by atoms with Crippen molar-refractivity contribution in [3.8, 4) is 0 Å². The van der Waals surface area contributed by atoms with Crippen LogP contribution in [0.1, 0.15) is 0 Å². The Morgan fingerprint density at radius 3 is 1.41 bits per heavy atom. The van der Waals surface area contributed by atoms with E-state index in [4.69, 9.17) is 0 Å². The molecule has 104 valence electrons. The summed E-state index contributed by atoms with van der Waals surface area (Å²) in [5.74, 6) is 8.45. The molecule has 2 atom stereocenters. The van der Waals surface area contributed by atoms with Crippen LogP contribution in [0.25, 0.3) is 0 Å². The maximum Gasteiger partial charge on any atom is 0.0226 e. The van der Waals surface area contributed by atoms with Gasteiger partial charge in [0.1, 0.15) is 0 Å². The highest BCUT2D eigenvalue weighted by Gasteiger charge is 2.10. The molecule has 0 aliphatic carbocycles. The molecule has 0 spiro atoms. The van der Waals surface area contributed by atoms with Gasteiger partial charge < -0.3 is 0 Å². The minimum absolute atomic E-state index is 0.658. The van der Waals surface area contributed by atoms with Crippen LogP contribution >= 0.6 is 85.8 Å². The monoisotopic (exact) mass is 366 g/mol. The van der Waals surface area contributed by atoms with Gasteiger partial charge in [-0.05, 0) is 11.5 Å². The van der Waals surface area contributed by atoms with Crippen LogP contribution < -0.4 is 0 Å². The summed E-state index contributed by atoms with van der Waals surface area (Å²) in [6, 6.07) is 0. The van der Waals surface area contributed by atoms with Crippen LogP contribution in [0, 0.1) is 0 Å². The number of thiol groups is 4. The topological polar surface area (TPSA) is 0 Å². The molecule has 0 aromatic heterocycles. The van der Waals surface area contributed by atoms with E-state index < -0.39 is 0 Å². The lowest BCUT2D eigenvalue weighted by molar-refractivity contribution is 1.12. The number of hydrogen-bond donors (Lipinski definition) is 4. The van der Waals surface area contributed by atoms with E-state index in [1.807, 2.05) is 35.3 Å². The molecule has 0 unspecified atom stereocenters. The molecule has 0 saturated carbocycles. The van der Waals surface area contributed by atoms with Crippen LogP contribution in [0.3, 0.4) is 0 Å². The molecule has 0 aromatic carbocycles. The average molecular weight is 367 g/mol. The van der Waals surface area contributed by atoms with E-state index in [9.17, 15) is 0 Å². The summed E-state index contributed by atoms with van der Waals surface area (Å²) >= 11 is 23.3. The summed E-state index contributed by atoms with van der Waals surface area (Å²) < 4.78 is 0. The van der Waals surface area contributed by atoms with Crippen LogP contribution in [-0.2, 0) is 0 Å². The van der Waals surface area contributed by atoms with E-state index in [-0.39, 0.29) is 0 Å². The molecule has 0 saturated heterocycles. The van der Waals surface area contributed by atoms with Gasteiger partial charge >= 0.3 is 0 Å². The molecule has 0 heterocycles. The van der Waals surface area contributed by atoms with Gasteiger partial charge in [-0.3, -0.25) is 0 Å². The molecule has 0 rings (SSSR count). The number of thioether (sulfide) groups is 3. The summed E-state index contributed by atoms with van der Waals surface area (Å²) in [5, 5.41) is 1.32. The lowest BCUT2D eigenvalue weighted by Gasteiger charge is -2.16. The van der Waals surface area contributed by atoms with Crippen LogP contribution in [0.4, 0.5) is 0 Å². The molecule has 17 heavy (non-hydrogen) atoms.